The number of carbonyl (C=O) groups is 1. The van der Waals surface area contributed by atoms with Crippen molar-refractivity contribution in [2.24, 2.45) is 0 Å². The van der Waals surface area contributed by atoms with E-state index in [1.165, 1.54) is 18.2 Å². The summed E-state index contributed by atoms with van der Waals surface area (Å²) in [5.41, 5.74) is -0.00577. The molecule has 1 atom stereocenters. The smallest absolute Gasteiger partial charge is 0.292 e. The molecule has 0 saturated carbocycles. The summed E-state index contributed by atoms with van der Waals surface area (Å²) in [4.78, 5) is 22.4. The van der Waals surface area contributed by atoms with E-state index in [1.54, 1.807) is 37.3 Å². The third-order valence-electron chi connectivity index (χ3n) is 2.78. The molecule has 0 heterocycles. The second kappa shape index (κ2) is 6.51. The second-order valence-corrected chi connectivity index (χ2v) is 4.34. The predicted molar refractivity (Wildman–Crippen MR) is 78.3 cm³/mol. The van der Waals surface area contributed by atoms with Gasteiger partial charge in [-0.15, -0.1) is 0 Å². The molecule has 2 aromatic rings. The Balaban J connectivity index is 2.06. The number of anilines is 1. The topological polar surface area (TPSA) is 81.5 Å². The molecular weight excluding hydrogens is 272 g/mol. The number of hydrogen-bond donors (Lipinski definition) is 1. The van der Waals surface area contributed by atoms with E-state index in [2.05, 4.69) is 5.32 Å². The highest BCUT2D eigenvalue weighted by molar-refractivity contribution is 5.96. The van der Waals surface area contributed by atoms with Crippen molar-refractivity contribution >= 4 is 17.3 Å². The van der Waals surface area contributed by atoms with Crippen LogP contribution < -0.4 is 10.1 Å². The maximum absolute atomic E-state index is 12.0. The molecule has 0 radical (unpaired) electrons. The van der Waals surface area contributed by atoms with Crippen molar-refractivity contribution in [3.05, 3.63) is 64.7 Å². The van der Waals surface area contributed by atoms with Gasteiger partial charge >= 0.3 is 0 Å². The maximum Gasteiger partial charge on any atom is 0.292 e. The van der Waals surface area contributed by atoms with Gasteiger partial charge in [0.2, 0.25) is 0 Å². The van der Waals surface area contributed by atoms with Crippen LogP contribution in [0.15, 0.2) is 54.6 Å². The van der Waals surface area contributed by atoms with E-state index in [4.69, 9.17) is 4.74 Å². The minimum atomic E-state index is -0.771. The SMILES string of the molecule is C[C@H](Oc1ccccc1)C(=O)Nc1ccccc1[N+](=O)[O-]. The number of nitrogens with one attached hydrogen (secondary N) is 1. The largest absolute Gasteiger partial charge is 0.481 e. The summed E-state index contributed by atoms with van der Waals surface area (Å²) in [6.07, 6.45) is -0.771. The molecule has 2 rings (SSSR count). The Labute approximate surface area is 121 Å². The van der Waals surface area contributed by atoms with Crippen molar-refractivity contribution in [1.82, 2.24) is 0 Å². The number of hydrogen-bond acceptors (Lipinski definition) is 4. The van der Waals surface area contributed by atoms with Gasteiger partial charge in [0, 0.05) is 6.07 Å². The summed E-state index contributed by atoms with van der Waals surface area (Å²) in [6.45, 7) is 1.58. The van der Waals surface area contributed by atoms with Gasteiger partial charge in [-0.25, -0.2) is 0 Å². The summed E-state index contributed by atoms with van der Waals surface area (Å²) in [5.74, 6) is 0.107. The minimum Gasteiger partial charge on any atom is -0.481 e. The van der Waals surface area contributed by atoms with Crippen LogP contribution in [0, 0.1) is 10.1 Å². The molecule has 0 aliphatic heterocycles. The van der Waals surface area contributed by atoms with E-state index in [1.807, 2.05) is 6.07 Å². The van der Waals surface area contributed by atoms with Crippen LogP contribution in [0.25, 0.3) is 0 Å². The van der Waals surface area contributed by atoms with E-state index < -0.39 is 16.9 Å². The van der Waals surface area contributed by atoms with Crippen molar-refractivity contribution in [2.45, 2.75) is 13.0 Å². The van der Waals surface area contributed by atoms with Gasteiger partial charge in [0.25, 0.3) is 11.6 Å². The molecule has 1 amide bonds. The van der Waals surface area contributed by atoms with Crippen LogP contribution in [0.2, 0.25) is 0 Å². The van der Waals surface area contributed by atoms with E-state index in [0.717, 1.165) is 0 Å². The summed E-state index contributed by atoms with van der Waals surface area (Å²) in [7, 11) is 0. The Kier molecular flexibility index (Phi) is 4.50. The average molecular weight is 286 g/mol. The van der Waals surface area contributed by atoms with Gasteiger partial charge in [-0.2, -0.15) is 0 Å². The molecule has 6 nitrogen and oxygen atoms in total. The molecule has 0 fully saturated rings. The van der Waals surface area contributed by atoms with Crippen molar-refractivity contribution < 1.29 is 14.5 Å². The van der Waals surface area contributed by atoms with Gasteiger partial charge in [0.05, 0.1) is 4.92 Å². The molecule has 0 aromatic heterocycles. The molecule has 0 spiro atoms. The fourth-order valence-corrected chi connectivity index (χ4v) is 1.73. The lowest BCUT2D eigenvalue weighted by molar-refractivity contribution is -0.383. The van der Waals surface area contributed by atoms with Crippen molar-refractivity contribution in [2.75, 3.05) is 5.32 Å². The first-order valence-corrected chi connectivity index (χ1v) is 6.34. The Hall–Kier alpha value is -2.89. The third-order valence-corrected chi connectivity index (χ3v) is 2.78. The lowest BCUT2D eigenvalue weighted by Gasteiger charge is -2.14. The van der Waals surface area contributed by atoms with E-state index in [-0.39, 0.29) is 11.4 Å². The molecule has 0 saturated heterocycles. The fourth-order valence-electron chi connectivity index (χ4n) is 1.73. The average Bonchev–Trinajstić information content (AvgIpc) is 2.48. The van der Waals surface area contributed by atoms with Crippen LogP contribution in [0.3, 0.4) is 0 Å². The number of nitro groups is 1. The number of carbonyl (C=O) groups excluding carboxylic acids is 1. The number of rotatable bonds is 5. The third kappa shape index (κ3) is 3.79. The molecular formula is C15H14N2O4. The first kappa shape index (κ1) is 14.5. The Bertz CT molecular complexity index is 643. The van der Waals surface area contributed by atoms with E-state index in [0.29, 0.717) is 5.75 Å². The van der Waals surface area contributed by atoms with Crippen LogP contribution in [0.1, 0.15) is 6.92 Å². The Morgan fingerprint density at radius 3 is 2.43 bits per heavy atom. The van der Waals surface area contributed by atoms with Crippen molar-refractivity contribution in [1.29, 1.82) is 0 Å². The van der Waals surface area contributed by atoms with Crippen LogP contribution in [-0.4, -0.2) is 16.9 Å². The van der Waals surface area contributed by atoms with Gasteiger partial charge in [0.1, 0.15) is 11.4 Å². The molecule has 0 aliphatic rings. The highest BCUT2D eigenvalue weighted by Gasteiger charge is 2.19. The monoisotopic (exact) mass is 286 g/mol. The van der Waals surface area contributed by atoms with Crippen LogP contribution in [0.5, 0.6) is 5.75 Å². The van der Waals surface area contributed by atoms with Crippen molar-refractivity contribution in [3.63, 3.8) is 0 Å². The summed E-state index contributed by atoms with van der Waals surface area (Å²) in [6, 6.07) is 14.9. The van der Waals surface area contributed by atoms with Crippen LogP contribution >= 0.6 is 0 Å². The van der Waals surface area contributed by atoms with Gasteiger partial charge in [-0.3, -0.25) is 14.9 Å². The summed E-state index contributed by atoms with van der Waals surface area (Å²) in [5, 5.41) is 13.4. The zero-order valence-corrected chi connectivity index (χ0v) is 11.4. The molecule has 0 aliphatic carbocycles. The second-order valence-electron chi connectivity index (χ2n) is 4.34. The molecule has 1 N–H and O–H groups in total. The molecule has 6 heteroatoms. The lowest BCUT2D eigenvalue weighted by atomic mass is 10.2. The van der Waals surface area contributed by atoms with Gasteiger partial charge in [-0.1, -0.05) is 30.3 Å². The zero-order valence-electron chi connectivity index (χ0n) is 11.4. The highest BCUT2D eigenvalue weighted by atomic mass is 16.6. The quantitative estimate of drug-likeness (QED) is 0.676. The van der Waals surface area contributed by atoms with Crippen molar-refractivity contribution in [3.8, 4) is 5.75 Å². The number of nitro benzene ring substituents is 1. The Morgan fingerprint density at radius 2 is 1.76 bits per heavy atom. The first-order valence-electron chi connectivity index (χ1n) is 6.34. The number of ether oxygens (including phenoxy) is 1. The minimum absolute atomic E-state index is 0.149. The maximum atomic E-state index is 12.0. The predicted octanol–water partition coefficient (Wildman–Crippen LogP) is 3.00. The molecule has 108 valence electrons. The van der Waals surface area contributed by atoms with E-state index in [9.17, 15) is 14.9 Å². The van der Waals surface area contributed by atoms with E-state index >= 15 is 0 Å². The number of amides is 1. The van der Waals surface area contributed by atoms with Crippen LogP contribution in [0.4, 0.5) is 11.4 Å². The van der Waals surface area contributed by atoms with Crippen LogP contribution in [-0.2, 0) is 4.79 Å². The normalized spacial score (nSPS) is 11.5. The summed E-state index contributed by atoms with van der Waals surface area (Å²) >= 11 is 0. The van der Waals surface area contributed by atoms with Gasteiger partial charge in [-0.05, 0) is 25.1 Å². The molecule has 0 unspecified atom stereocenters. The van der Waals surface area contributed by atoms with Gasteiger partial charge < -0.3 is 10.1 Å². The number of nitrogens with zero attached hydrogens (tertiary/aromatic N) is 1. The number of benzene rings is 2. The fraction of sp³-hybridized carbons (Fsp3) is 0.133. The van der Waals surface area contributed by atoms with Gasteiger partial charge in [0.15, 0.2) is 6.10 Å². The molecule has 21 heavy (non-hydrogen) atoms. The standard InChI is InChI=1S/C15H14N2O4/c1-11(21-12-7-3-2-4-8-12)15(18)16-13-9-5-6-10-14(13)17(19)20/h2-11H,1H3,(H,16,18)/t11-/m0/s1. The summed E-state index contributed by atoms with van der Waals surface area (Å²) < 4.78 is 5.47. The number of para-hydroxylation sites is 3. The zero-order chi connectivity index (χ0) is 15.2. The Morgan fingerprint density at radius 1 is 1.14 bits per heavy atom. The lowest BCUT2D eigenvalue weighted by Crippen LogP contribution is -2.30. The molecule has 2 aromatic carbocycles. The molecule has 0 bridgehead atoms. The first-order chi connectivity index (χ1) is 10.1. The highest BCUT2D eigenvalue weighted by Crippen LogP contribution is 2.23.